The quantitative estimate of drug-likeness (QED) is 0.297. The van der Waals surface area contributed by atoms with Gasteiger partial charge in [-0.1, -0.05) is 12.8 Å². The summed E-state index contributed by atoms with van der Waals surface area (Å²) >= 11 is 0. The molecule has 1 aliphatic carbocycles. The van der Waals surface area contributed by atoms with Gasteiger partial charge in [-0.15, -0.1) is 0 Å². The second-order valence-electron chi connectivity index (χ2n) is 5.52. The van der Waals surface area contributed by atoms with Crippen molar-refractivity contribution in [3.63, 3.8) is 0 Å². The number of amides is 1. The molecule has 1 amide bonds. The van der Waals surface area contributed by atoms with Crippen molar-refractivity contribution in [2.24, 2.45) is 11.1 Å². The first-order valence-electron chi connectivity index (χ1n) is 6.98. The Balaban J connectivity index is 2.48. The number of carbonyl (C=O) groups excluding carboxylic acids is 1. The van der Waals surface area contributed by atoms with Gasteiger partial charge in [0.2, 0.25) is 5.91 Å². The molecule has 6 N–H and O–H groups in total. The van der Waals surface area contributed by atoms with Crippen LogP contribution in [0.5, 0.6) is 0 Å². The molecule has 0 saturated heterocycles. The molecule has 0 aromatic carbocycles. The molecule has 0 heterocycles. The molecule has 8 heteroatoms. The average Bonchev–Trinajstić information content (AvgIpc) is 2.79. The number of nitrogens with one attached hydrogen (secondary N) is 1. The van der Waals surface area contributed by atoms with E-state index in [4.69, 9.17) is 15.8 Å². The van der Waals surface area contributed by atoms with Crippen molar-refractivity contribution in [1.29, 1.82) is 0 Å². The van der Waals surface area contributed by atoms with Crippen LogP contribution in [0.25, 0.3) is 0 Å². The second kappa shape index (κ2) is 7.61. The zero-order valence-corrected chi connectivity index (χ0v) is 11.5. The van der Waals surface area contributed by atoms with Crippen LogP contribution in [0.15, 0.2) is 0 Å². The highest BCUT2D eigenvalue weighted by molar-refractivity contribution is 6.40. The molecule has 1 fully saturated rings. The summed E-state index contributed by atoms with van der Waals surface area (Å²) in [4.78, 5) is 22.8. The van der Waals surface area contributed by atoms with Gasteiger partial charge in [-0.25, -0.2) is 0 Å². The van der Waals surface area contributed by atoms with Crippen molar-refractivity contribution in [3.8, 4) is 0 Å². The Bertz CT molecular complexity index is 353. The lowest BCUT2D eigenvalue weighted by Gasteiger charge is -2.24. The number of carbonyl (C=O) groups is 2. The SMILES string of the molecule is NCC(=O)N[C@H]1CC[C@@](CCCCB(O)O)(C(=O)O)C1. The molecule has 0 aromatic heterocycles. The number of unbranched alkanes of at least 4 members (excludes halogenated alkanes) is 1. The van der Waals surface area contributed by atoms with Crippen LogP contribution in [0.2, 0.25) is 6.32 Å². The average molecular weight is 286 g/mol. The summed E-state index contributed by atoms with van der Waals surface area (Å²) in [6, 6.07) is -0.134. The van der Waals surface area contributed by atoms with Crippen LogP contribution >= 0.6 is 0 Å². The van der Waals surface area contributed by atoms with Crippen molar-refractivity contribution in [2.45, 2.75) is 50.9 Å². The number of hydrogen-bond acceptors (Lipinski definition) is 5. The largest absolute Gasteiger partial charge is 0.481 e. The van der Waals surface area contributed by atoms with Crippen LogP contribution in [-0.2, 0) is 9.59 Å². The van der Waals surface area contributed by atoms with Crippen molar-refractivity contribution in [1.82, 2.24) is 5.32 Å². The highest BCUT2D eigenvalue weighted by Gasteiger charge is 2.45. The highest BCUT2D eigenvalue weighted by atomic mass is 16.4. The first kappa shape index (κ1) is 16.9. The third-order valence-corrected chi connectivity index (χ3v) is 3.98. The number of hydrogen-bond donors (Lipinski definition) is 5. The van der Waals surface area contributed by atoms with E-state index in [0.29, 0.717) is 38.5 Å². The lowest BCUT2D eigenvalue weighted by atomic mass is 9.78. The fourth-order valence-electron chi connectivity index (χ4n) is 2.85. The fraction of sp³-hybridized carbons (Fsp3) is 0.833. The summed E-state index contributed by atoms with van der Waals surface area (Å²) in [5, 5.41) is 29.7. The standard InChI is InChI=1S/C12H23BN2O5/c14-8-10(16)15-9-3-5-12(7-9,11(17)18)4-1-2-6-13(19)20/h9,19-20H,1-8,14H2,(H,15,16)(H,17,18)/t9-,12+/m0/s1. The zero-order valence-electron chi connectivity index (χ0n) is 11.5. The Morgan fingerprint density at radius 2 is 2.05 bits per heavy atom. The summed E-state index contributed by atoms with van der Waals surface area (Å²) in [5.41, 5.74) is 4.42. The Morgan fingerprint density at radius 3 is 2.60 bits per heavy atom. The van der Waals surface area contributed by atoms with Gasteiger partial charge in [0.25, 0.3) is 0 Å². The molecular weight excluding hydrogens is 263 g/mol. The lowest BCUT2D eigenvalue weighted by molar-refractivity contribution is -0.149. The summed E-state index contributed by atoms with van der Waals surface area (Å²) in [6.07, 6.45) is 3.52. The van der Waals surface area contributed by atoms with Gasteiger partial charge in [-0.05, 0) is 32.0 Å². The minimum atomic E-state index is -1.34. The fourth-order valence-corrected chi connectivity index (χ4v) is 2.85. The number of nitrogens with two attached hydrogens (primary N) is 1. The van der Waals surface area contributed by atoms with Crippen LogP contribution in [0.4, 0.5) is 0 Å². The summed E-state index contributed by atoms with van der Waals surface area (Å²) in [5.74, 6) is -1.11. The molecule has 0 radical (unpaired) electrons. The van der Waals surface area contributed by atoms with E-state index in [1.165, 1.54) is 0 Å². The molecular formula is C12H23BN2O5. The van der Waals surface area contributed by atoms with Crippen molar-refractivity contribution >= 4 is 19.0 Å². The normalized spacial score (nSPS) is 25.4. The highest BCUT2D eigenvalue weighted by Crippen LogP contribution is 2.42. The molecule has 1 aliphatic rings. The number of rotatable bonds is 8. The minimum absolute atomic E-state index is 0.0923. The molecule has 0 unspecified atom stereocenters. The van der Waals surface area contributed by atoms with Gasteiger partial charge in [0.1, 0.15) is 0 Å². The Labute approximate surface area is 118 Å². The molecule has 0 spiro atoms. The van der Waals surface area contributed by atoms with Crippen molar-refractivity contribution < 1.29 is 24.7 Å². The summed E-state index contributed by atoms with van der Waals surface area (Å²) in [6.45, 7) is -0.0923. The Hall–Kier alpha value is -1.12. The topological polar surface area (TPSA) is 133 Å². The Morgan fingerprint density at radius 1 is 1.35 bits per heavy atom. The van der Waals surface area contributed by atoms with Gasteiger partial charge >= 0.3 is 13.1 Å². The first-order valence-corrected chi connectivity index (χ1v) is 6.98. The first-order chi connectivity index (χ1) is 9.39. The smallest absolute Gasteiger partial charge is 0.451 e. The van der Waals surface area contributed by atoms with E-state index in [2.05, 4.69) is 5.32 Å². The predicted molar refractivity (Wildman–Crippen MR) is 73.8 cm³/mol. The van der Waals surface area contributed by atoms with Gasteiger partial charge in [0.15, 0.2) is 0 Å². The number of carboxylic acid groups (broad SMARTS) is 1. The van der Waals surface area contributed by atoms with E-state index in [1.807, 2.05) is 0 Å². The van der Waals surface area contributed by atoms with Crippen LogP contribution in [0, 0.1) is 5.41 Å². The summed E-state index contributed by atoms with van der Waals surface area (Å²) in [7, 11) is -1.34. The van der Waals surface area contributed by atoms with E-state index in [-0.39, 0.29) is 24.8 Å². The molecule has 0 aliphatic heterocycles. The van der Waals surface area contributed by atoms with Crippen molar-refractivity contribution in [2.75, 3.05) is 6.54 Å². The second-order valence-corrected chi connectivity index (χ2v) is 5.52. The van der Waals surface area contributed by atoms with E-state index in [0.717, 1.165) is 0 Å². The van der Waals surface area contributed by atoms with E-state index < -0.39 is 18.5 Å². The van der Waals surface area contributed by atoms with Crippen LogP contribution in [0.3, 0.4) is 0 Å². The van der Waals surface area contributed by atoms with Gasteiger partial charge < -0.3 is 26.2 Å². The van der Waals surface area contributed by atoms with Gasteiger partial charge in [-0.3, -0.25) is 9.59 Å². The monoisotopic (exact) mass is 286 g/mol. The molecule has 114 valence electrons. The van der Waals surface area contributed by atoms with Gasteiger partial charge in [-0.2, -0.15) is 0 Å². The van der Waals surface area contributed by atoms with E-state index >= 15 is 0 Å². The molecule has 0 aromatic rings. The maximum Gasteiger partial charge on any atom is 0.451 e. The van der Waals surface area contributed by atoms with E-state index in [9.17, 15) is 14.7 Å². The molecule has 7 nitrogen and oxygen atoms in total. The lowest BCUT2D eigenvalue weighted by Crippen LogP contribution is -2.39. The third kappa shape index (κ3) is 4.77. The molecule has 0 bridgehead atoms. The molecule has 1 saturated carbocycles. The molecule has 1 rings (SSSR count). The maximum atomic E-state index is 11.5. The van der Waals surface area contributed by atoms with Crippen molar-refractivity contribution in [3.05, 3.63) is 0 Å². The minimum Gasteiger partial charge on any atom is -0.481 e. The number of carboxylic acids is 1. The van der Waals surface area contributed by atoms with Crippen LogP contribution < -0.4 is 11.1 Å². The van der Waals surface area contributed by atoms with Gasteiger partial charge in [0, 0.05) is 6.04 Å². The van der Waals surface area contributed by atoms with Crippen LogP contribution in [0.1, 0.15) is 38.5 Å². The van der Waals surface area contributed by atoms with Gasteiger partial charge in [0.05, 0.1) is 12.0 Å². The predicted octanol–water partition coefficient (Wildman–Crippen LogP) is -0.672. The Kier molecular flexibility index (Phi) is 6.44. The van der Waals surface area contributed by atoms with Crippen LogP contribution in [-0.4, -0.2) is 46.7 Å². The third-order valence-electron chi connectivity index (χ3n) is 3.98. The van der Waals surface area contributed by atoms with E-state index in [1.54, 1.807) is 0 Å². The molecule has 2 atom stereocenters. The maximum absolute atomic E-state index is 11.5. The summed E-state index contributed by atoms with van der Waals surface area (Å²) < 4.78 is 0. The number of aliphatic carboxylic acids is 1. The zero-order chi connectivity index (χ0) is 15.2. The molecule has 20 heavy (non-hydrogen) atoms.